The van der Waals surface area contributed by atoms with Gasteiger partial charge in [0.15, 0.2) is 0 Å². The first kappa shape index (κ1) is 16.8. The molecule has 0 saturated carbocycles. The molecule has 1 aliphatic rings. The molecule has 6 heteroatoms. The zero-order valence-electron chi connectivity index (χ0n) is 14.2. The van der Waals surface area contributed by atoms with Gasteiger partial charge in [0.05, 0.1) is 23.9 Å². The number of aromatic hydroxyl groups is 1. The van der Waals surface area contributed by atoms with Crippen LogP contribution in [0, 0.1) is 0 Å². The van der Waals surface area contributed by atoms with Crippen molar-refractivity contribution >= 4 is 0 Å². The topological polar surface area (TPSA) is 70.8 Å². The van der Waals surface area contributed by atoms with E-state index in [0.29, 0.717) is 24.1 Å². The summed E-state index contributed by atoms with van der Waals surface area (Å²) in [5.74, 6) is 0.589. The number of rotatable bonds is 6. The van der Waals surface area contributed by atoms with Crippen LogP contribution in [0.4, 0.5) is 0 Å². The number of aliphatic hydroxyl groups is 1. The van der Waals surface area contributed by atoms with Gasteiger partial charge in [0, 0.05) is 18.8 Å². The Bertz CT molecular complexity index is 684. The van der Waals surface area contributed by atoms with Gasteiger partial charge in [0.1, 0.15) is 18.2 Å². The average Bonchev–Trinajstić information content (AvgIpc) is 3.21. The highest BCUT2D eigenvalue weighted by Crippen LogP contribution is 2.34. The lowest BCUT2D eigenvalue weighted by Gasteiger charge is -2.26. The Kier molecular flexibility index (Phi) is 5.06. The zero-order valence-corrected chi connectivity index (χ0v) is 14.2. The van der Waals surface area contributed by atoms with E-state index >= 15 is 0 Å². The number of aromatic nitrogens is 2. The van der Waals surface area contributed by atoms with Crippen molar-refractivity contribution in [1.82, 2.24) is 14.7 Å². The molecule has 0 spiro atoms. The minimum Gasteiger partial charge on any atom is -0.507 e. The molecule has 0 radical (unpaired) electrons. The fourth-order valence-corrected chi connectivity index (χ4v) is 3.34. The summed E-state index contributed by atoms with van der Waals surface area (Å²) in [6, 6.07) is 7.73. The van der Waals surface area contributed by atoms with Crippen LogP contribution in [0.5, 0.6) is 11.5 Å². The predicted octanol–water partition coefficient (Wildman–Crippen LogP) is 2.84. The molecule has 1 atom stereocenters. The SMILES string of the molecule is CC(C)n1nccc1C1CCCN1COc1cccc(O)c1CO. The van der Waals surface area contributed by atoms with Crippen LogP contribution in [0.2, 0.25) is 0 Å². The largest absolute Gasteiger partial charge is 0.507 e. The van der Waals surface area contributed by atoms with Gasteiger partial charge in [-0.15, -0.1) is 0 Å². The number of benzene rings is 1. The van der Waals surface area contributed by atoms with Gasteiger partial charge in [0.2, 0.25) is 0 Å². The van der Waals surface area contributed by atoms with Crippen LogP contribution in [-0.2, 0) is 6.61 Å². The zero-order chi connectivity index (χ0) is 17.1. The maximum Gasteiger partial charge on any atom is 0.142 e. The average molecular weight is 331 g/mol. The molecular formula is C18H25N3O3. The summed E-state index contributed by atoms with van der Waals surface area (Å²) >= 11 is 0. The Labute approximate surface area is 142 Å². The molecule has 0 bridgehead atoms. The molecule has 1 fully saturated rings. The maximum atomic E-state index is 9.82. The molecular weight excluding hydrogens is 306 g/mol. The van der Waals surface area contributed by atoms with Gasteiger partial charge in [0.25, 0.3) is 0 Å². The van der Waals surface area contributed by atoms with E-state index in [4.69, 9.17) is 4.74 Å². The molecule has 1 aromatic heterocycles. The predicted molar refractivity (Wildman–Crippen MR) is 90.8 cm³/mol. The van der Waals surface area contributed by atoms with E-state index in [1.807, 2.05) is 6.20 Å². The molecule has 1 saturated heterocycles. The summed E-state index contributed by atoms with van der Waals surface area (Å²) in [5, 5.41) is 23.7. The second-order valence-corrected chi connectivity index (χ2v) is 6.45. The Morgan fingerprint density at radius 2 is 2.17 bits per heavy atom. The van der Waals surface area contributed by atoms with Crippen LogP contribution in [-0.4, -0.2) is 38.2 Å². The first-order valence-electron chi connectivity index (χ1n) is 8.43. The second kappa shape index (κ2) is 7.23. The number of ether oxygens (including phenoxy) is 1. The Morgan fingerprint density at radius 3 is 2.92 bits per heavy atom. The van der Waals surface area contributed by atoms with E-state index in [1.165, 1.54) is 5.69 Å². The third kappa shape index (κ3) is 3.25. The number of likely N-dealkylation sites (tertiary alicyclic amines) is 1. The number of aliphatic hydroxyl groups excluding tert-OH is 1. The number of hydrogen-bond acceptors (Lipinski definition) is 5. The number of nitrogens with zero attached hydrogens (tertiary/aromatic N) is 3. The third-order valence-corrected chi connectivity index (χ3v) is 4.55. The summed E-state index contributed by atoms with van der Waals surface area (Å²) < 4.78 is 7.96. The van der Waals surface area contributed by atoms with Crippen molar-refractivity contribution in [1.29, 1.82) is 0 Å². The van der Waals surface area contributed by atoms with Gasteiger partial charge in [-0.05, 0) is 44.9 Å². The van der Waals surface area contributed by atoms with Gasteiger partial charge in [-0.3, -0.25) is 9.58 Å². The van der Waals surface area contributed by atoms with E-state index in [0.717, 1.165) is 19.4 Å². The third-order valence-electron chi connectivity index (χ3n) is 4.55. The lowest BCUT2D eigenvalue weighted by atomic mass is 10.1. The lowest BCUT2D eigenvalue weighted by Crippen LogP contribution is -2.29. The van der Waals surface area contributed by atoms with Gasteiger partial charge < -0.3 is 14.9 Å². The Morgan fingerprint density at radius 1 is 1.33 bits per heavy atom. The molecule has 24 heavy (non-hydrogen) atoms. The summed E-state index contributed by atoms with van der Waals surface area (Å²) in [6.07, 6.45) is 4.05. The molecule has 2 N–H and O–H groups in total. The minimum absolute atomic E-state index is 0.0610. The van der Waals surface area contributed by atoms with Crippen molar-refractivity contribution < 1.29 is 14.9 Å². The summed E-state index contributed by atoms with van der Waals surface area (Å²) in [7, 11) is 0. The maximum absolute atomic E-state index is 9.82. The van der Waals surface area contributed by atoms with Crippen LogP contribution in [0.15, 0.2) is 30.5 Å². The molecule has 1 aliphatic heterocycles. The highest BCUT2D eigenvalue weighted by molar-refractivity contribution is 5.43. The Balaban J connectivity index is 1.73. The monoisotopic (exact) mass is 331 g/mol. The van der Waals surface area contributed by atoms with Gasteiger partial charge in [-0.1, -0.05) is 6.07 Å². The normalized spacial score (nSPS) is 18.4. The molecule has 0 aliphatic carbocycles. The first-order chi connectivity index (χ1) is 11.6. The van der Waals surface area contributed by atoms with Crippen LogP contribution >= 0.6 is 0 Å². The fraction of sp³-hybridized carbons (Fsp3) is 0.500. The van der Waals surface area contributed by atoms with Crippen LogP contribution in [0.3, 0.4) is 0 Å². The van der Waals surface area contributed by atoms with Crippen molar-refractivity contribution in [2.75, 3.05) is 13.3 Å². The molecule has 6 nitrogen and oxygen atoms in total. The highest BCUT2D eigenvalue weighted by Gasteiger charge is 2.29. The fourth-order valence-electron chi connectivity index (χ4n) is 3.34. The van der Waals surface area contributed by atoms with Gasteiger partial charge in [-0.25, -0.2) is 0 Å². The molecule has 0 amide bonds. The van der Waals surface area contributed by atoms with Crippen molar-refractivity contribution in [2.24, 2.45) is 0 Å². The number of hydrogen-bond donors (Lipinski definition) is 2. The van der Waals surface area contributed by atoms with Crippen molar-refractivity contribution in [3.8, 4) is 11.5 Å². The van der Waals surface area contributed by atoms with Crippen LogP contribution in [0.25, 0.3) is 0 Å². The van der Waals surface area contributed by atoms with Crippen molar-refractivity contribution in [3.05, 3.63) is 41.7 Å². The van der Waals surface area contributed by atoms with Crippen LogP contribution in [0.1, 0.15) is 50.0 Å². The lowest BCUT2D eigenvalue weighted by molar-refractivity contribution is 0.107. The summed E-state index contributed by atoms with van der Waals surface area (Å²) in [5.41, 5.74) is 1.64. The van der Waals surface area contributed by atoms with E-state index < -0.39 is 0 Å². The van der Waals surface area contributed by atoms with Crippen LogP contribution < -0.4 is 4.74 Å². The first-order valence-corrected chi connectivity index (χ1v) is 8.43. The van der Waals surface area contributed by atoms with Gasteiger partial charge in [-0.2, -0.15) is 5.10 Å². The second-order valence-electron chi connectivity index (χ2n) is 6.45. The molecule has 1 aromatic carbocycles. The molecule has 2 heterocycles. The van der Waals surface area contributed by atoms with Gasteiger partial charge >= 0.3 is 0 Å². The quantitative estimate of drug-likeness (QED) is 0.852. The van der Waals surface area contributed by atoms with Crippen molar-refractivity contribution in [3.63, 3.8) is 0 Å². The molecule has 2 aromatic rings. The van der Waals surface area contributed by atoms with E-state index in [2.05, 4.69) is 34.6 Å². The molecule has 130 valence electrons. The summed E-state index contributed by atoms with van der Waals surface area (Å²) in [6.45, 7) is 5.40. The number of phenols is 1. The standard InChI is InChI=1S/C18H25N3O3/c1-13(2)21-16(8-9-19-21)15-5-4-10-20(15)12-24-18-7-3-6-17(23)14(18)11-22/h3,6-9,13,15,22-23H,4-5,10-12H2,1-2H3. The highest BCUT2D eigenvalue weighted by atomic mass is 16.5. The molecule has 1 unspecified atom stereocenters. The van der Waals surface area contributed by atoms with Crippen molar-refractivity contribution in [2.45, 2.75) is 45.4 Å². The van der Waals surface area contributed by atoms with E-state index in [1.54, 1.807) is 18.2 Å². The minimum atomic E-state index is -0.244. The smallest absolute Gasteiger partial charge is 0.142 e. The molecule has 3 rings (SSSR count). The summed E-state index contributed by atoms with van der Waals surface area (Å²) in [4.78, 5) is 2.28. The Hall–Kier alpha value is -2.05. The van der Waals surface area contributed by atoms with E-state index in [9.17, 15) is 10.2 Å². The van der Waals surface area contributed by atoms with E-state index in [-0.39, 0.29) is 18.4 Å².